The quantitative estimate of drug-likeness (QED) is 0.362. The first-order valence-electron chi connectivity index (χ1n) is 5.33. The molecule has 0 spiro atoms. The molecular formula is C11H9F3O5S. The van der Waals surface area contributed by atoms with Crippen LogP contribution in [0, 0.1) is 0 Å². The van der Waals surface area contributed by atoms with Crippen LogP contribution in [-0.4, -0.2) is 19.9 Å². The van der Waals surface area contributed by atoms with Gasteiger partial charge in [-0.25, -0.2) is 0 Å². The lowest BCUT2D eigenvalue weighted by Gasteiger charge is -2.14. The van der Waals surface area contributed by atoms with E-state index in [-0.39, 0.29) is 11.3 Å². The first-order chi connectivity index (χ1) is 8.95. The first-order valence-corrected chi connectivity index (χ1v) is 6.73. The number of halogens is 3. The molecule has 0 N–H and O–H groups in total. The summed E-state index contributed by atoms with van der Waals surface area (Å²) in [5, 5.41) is 0. The predicted molar refractivity (Wildman–Crippen MR) is 60.7 cm³/mol. The Kier molecular flexibility index (Phi) is 3.01. The Balaban J connectivity index is 2.40. The van der Waals surface area contributed by atoms with Gasteiger partial charge in [0, 0.05) is 5.56 Å². The molecule has 0 aliphatic carbocycles. The number of fused-ring (bicyclic) bond motifs is 1. The van der Waals surface area contributed by atoms with E-state index in [1.807, 2.05) is 0 Å². The van der Waals surface area contributed by atoms with Crippen LogP contribution in [0.3, 0.4) is 0 Å². The summed E-state index contributed by atoms with van der Waals surface area (Å²) in [6.07, 6.45) is 0. The van der Waals surface area contributed by atoms with E-state index >= 15 is 0 Å². The van der Waals surface area contributed by atoms with Gasteiger partial charge in [0.1, 0.15) is 11.5 Å². The van der Waals surface area contributed by atoms with Gasteiger partial charge in [-0.05, 0) is 32.0 Å². The van der Waals surface area contributed by atoms with Gasteiger partial charge in [0.25, 0.3) is 0 Å². The van der Waals surface area contributed by atoms with E-state index in [1.165, 1.54) is 19.9 Å². The fraction of sp³-hybridized carbons (Fsp3) is 0.364. The van der Waals surface area contributed by atoms with E-state index in [2.05, 4.69) is 4.18 Å². The van der Waals surface area contributed by atoms with Crippen molar-refractivity contribution in [2.45, 2.75) is 24.8 Å². The smallest absolute Gasteiger partial charge is 0.426 e. The molecule has 1 aromatic rings. The molecule has 5 nitrogen and oxygen atoms in total. The number of hydrogen-bond donors (Lipinski definition) is 0. The zero-order chi connectivity index (χ0) is 15.3. The van der Waals surface area contributed by atoms with Gasteiger partial charge in [-0.3, -0.25) is 4.79 Å². The molecule has 2 rings (SSSR count). The standard InChI is InChI=1S/C11H9F3O5S/c1-10(2)7-5-6(3-4-8(7)18-9(10)15)19-20(16,17)11(12,13)14/h3-5H,1-2H3. The zero-order valence-corrected chi connectivity index (χ0v) is 11.1. The van der Waals surface area contributed by atoms with Crippen LogP contribution in [-0.2, 0) is 20.3 Å². The monoisotopic (exact) mass is 310 g/mol. The van der Waals surface area contributed by atoms with Crippen molar-refractivity contribution in [3.63, 3.8) is 0 Å². The van der Waals surface area contributed by atoms with Crippen molar-refractivity contribution in [1.82, 2.24) is 0 Å². The molecule has 9 heteroatoms. The van der Waals surface area contributed by atoms with Gasteiger partial charge in [0.2, 0.25) is 0 Å². The van der Waals surface area contributed by atoms with Gasteiger partial charge >= 0.3 is 21.6 Å². The van der Waals surface area contributed by atoms with Crippen LogP contribution in [0.5, 0.6) is 11.5 Å². The highest BCUT2D eigenvalue weighted by molar-refractivity contribution is 7.88. The van der Waals surface area contributed by atoms with Crippen molar-refractivity contribution in [2.75, 3.05) is 0 Å². The van der Waals surface area contributed by atoms with E-state index in [0.29, 0.717) is 0 Å². The van der Waals surface area contributed by atoms with E-state index in [9.17, 15) is 26.4 Å². The second-order valence-corrected chi connectivity index (χ2v) is 6.19. The Bertz CT molecular complexity index is 676. The number of hydrogen-bond acceptors (Lipinski definition) is 5. The van der Waals surface area contributed by atoms with E-state index in [1.54, 1.807) is 0 Å². The average molecular weight is 310 g/mol. The maximum atomic E-state index is 12.2. The largest absolute Gasteiger partial charge is 0.534 e. The van der Waals surface area contributed by atoms with Crippen LogP contribution in [0.15, 0.2) is 18.2 Å². The minimum atomic E-state index is -5.74. The normalized spacial score (nSPS) is 17.6. The number of rotatable bonds is 2. The number of carbonyl (C=O) groups is 1. The van der Waals surface area contributed by atoms with Crippen molar-refractivity contribution in [1.29, 1.82) is 0 Å². The SMILES string of the molecule is CC1(C)C(=O)Oc2ccc(OS(=O)(=O)C(F)(F)F)cc21. The summed E-state index contributed by atoms with van der Waals surface area (Å²) in [4.78, 5) is 11.5. The summed E-state index contributed by atoms with van der Waals surface area (Å²) in [5.41, 5.74) is -6.35. The molecule has 0 fully saturated rings. The number of alkyl halides is 3. The predicted octanol–water partition coefficient (Wildman–Crippen LogP) is 2.11. The average Bonchev–Trinajstić information content (AvgIpc) is 2.49. The van der Waals surface area contributed by atoms with Crippen molar-refractivity contribution in [3.8, 4) is 11.5 Å². The van der Waals surface area contributed by atoms with Crippen molar-refractivity contribution in [2.24, 2.45) is 0 Å². The summed E-state index contributed by atoms with van der Waals surface area (Å²) in [6.45, 7) is 3.01. The van der Waals surface area contributed by atoms with Crippen LogP contribution in [0.4, 0.5) is 13.2 Å². The highest BCUT2D eigenvalue weighted by Gasteiger charge is 2.49. The van der Waals surface area contributed by atoms with Crippen LogP contribution >= 0.6 is 0 Å². The molecule has 0 radical (unpaired) electrons. The summed E-state index contributed by atoms with van der Waals surface area (Å²) in [7, 11) is -5.74. The Morgan fingerprint density at radius 1 is 1.25 bits per heavy atom. The van der Waals surface area contributed by atoms with Gasteiger partial charge in [-0.1, -0.05) is 0 Å². The lowest BCUT2D eigenvalue weighted by Crippen LogP contribution is -2.28. The Hall–Kier alpha value is -1.77. The summed E-state index contributed by atoms with van der Waals surface area (Å²) >= 11 is 0. The van der Waals surface area contributed by atoms with Crippen LogP contribution in [0.25, 0.3) is 0 Å². The molecule has 1 heterocycles. The molecule has 110 valence electrons. The topological polar surface area (TPSA) is 69.7 Å². The summed E-state index contributed by atoms with van der Waals surface area (Å²) in [5.74, 6) is -0.951. The number of ether oxygens (including phenoxy) is 1. The molecule has 0 atom stereocenters. The molecule has 0 bridgehead atoms. The highest BCUT2D eigenvalue weighted by atomic mass is 32.2. The fourth-order valence-electron chi connectivity index (χ4n) is 1.65. The van der Waals surface area contributed by atoms with E-state index < -0.39 is 32.8 Å². The second-order valence-electron chi connectivity index (χ2n) is 4.66. The molecule has 0 saturated heterocycles. The molecule has 1 aliphatic rings. The van der Waals surface area contributed by atoms with Crippen LogP contribution < -0.4 is 8.92 Å². The molecule has 1 aliphatic heterocycles. The Morgan fingerprint density at radius 3 is 2.40 bits per heavy atom. The molecule has 0 aromatic heterocycles. The Morgan fingerprint density at radius 2 is 1.85 bits per heavy atom. The molecule has 0 amide bonds. The summed E-state index contributed by atoms with van der Waals surface area (Å²) < 4.78 is 67.4. The minimum Gasteiger partial charge on any atom is -0.426 e. The first kappa shape index (κ1) is 14.6. The molecular weight excluding hydrogens is 301 g/mol. The van der Waals surface area contributed by atoms with E-state index in [0.717, 1.165) is 12.1 Å². The third-order valence-corrected chi connectivity index (χ3v) is 3.81. The van der Waals surface area contributed by atoms with Gasteiger partial charge in [-0.15, -0.1) is 0 Å². The van der Waals surface area contributed by atoms with Crippen molar-refractivity contribution >= 4 is 16.1 Å². The van der Waals surface area contributed by atoms with Crippen molar-refractivity contribution in [3.05, 3.63) is 23.8 Å². The number of esters is 1. The Labute approximate surface area is 112 Å². The molecule has 20 heavy (non-hydrogen) atoms. The maximum absolute atomic E-state index is 12.2. The van der Waals surface area contributed by atoms with Crippen LogP contribution in [0.2, 0.25) is 0 Å². The molecule has 0 saturated carbocycles. The lowest BCUT2D eigenvalue weighted by atomic mass is 9.86. The fourth-order valence-corrected chi connectivity index (χ4v) is 2.10. The third kappa shape index (κ3) is 2.21. The van der Waals surface area contributed by atoms with Gasteiger partial charge in [-0.2, -0.15) is 21.6 Å². The maximum Gasteiger partial charge on any atom is 0.534 e. The second kappa shape index (κ2) is 4.11. The third-order valence-electron chi connectivity index (χ3n) is 2.83. The molecule has 1 aromatic carbocycles. The van der Waals surface area contributed by atoms with Crippen LogP contribution in [0.1, 0.15) is 19.4 Å². The van der Waals surface area contributed by atoms with Gasteiger partial charge < -0.3 is 8.92 Å². The molecule has 0 unspecified atom stereocenters. The van der Waals surface area contributed by atoms with E-state index in [4.69, 9.17) is 4.74 Å². The number of benzene rings is 1. The van der Waals surface area contributed by atoms with Gasteiger partial charge in [0.15, 0.2) is 0 Å². The van der Waals surface area contributed by atoms with Gasteiger partial charge in [0.05, 0.1) is 5.41 Å². The van der Waals surface area contributed by atoms with Crippen molar-refractivity contribution < 1.29 is 35.3 Å². The minimum absolute atomic E-state index is 0.164. The summed E-state index contributed by atoms with van der Waals surface area (Å²) in [6, 6.07) is 3.21. The highest BCUT2D eigenvalue weighted by Crippen LogP contribution is 2.41. The number of carbonyl (C=O) groups excluding carboxylic acids is 1. The zero-order valence-electron chi connectivity index (χ0n) is 10.3. The lowest BCUT2D eigenvalue weighted by molar-refractivity contribution is -0.137.